The summed E-state index contributed by atoms with van der Waals surface area (Å²) >= 11 is 0. The number of para-hydroxylation sites is 2. The van der Waals surface area contributed by atoms with Crippen molar-refractivity contribution >= 4 is 11.6 Å². The molecule has 0 bridgehead atoms. The van der Waals surface area contributed by atoms with Crippen LogP contribution in [0.4, 0.5) is 14.5 Å². The third-order valence-electron chi connectivity index (χ3n) is 5.28. The number of hydrogen-bond donors (Lipinski definition) is 2. The van der Waals surface area contributed by atoms with Gasteiger partial charge in [0.15, 0.2) is 17.5 Å². The van der Waals surface area contributed by atoms with E-state index in [9.17, 15) is 8.78 Å². The van der Waals surface area contributed by atoms with Gasteiger partial charge in [0.05, 0.1) is 13.2 Å². The van der Waals surface area contributed by atoms with Gasteiger partial charge in [0, 0.05) is 37.4 Å². The van der Waals surface area contributed by atoms with Gasteiger partial charge in [-0.05, 0) is 44.4 Å². The smallest absolute Gasteiger partial charge is 0.387 e. The highest BCUT2D eigenvalue weighted by molar-refractivity contribution is 5.79. The second-order valence-corrected chi connectivity index (χ2v) is 7.57. The lowest BCUT2D eigenvalue weighted by Crippen LogP contribution is -2.40. The first kappa shape index (κ1) is 23.6. The molecule has 2 N–H and O–H groups in total. The summed E-state index contributed by atoms with van der Waals surface area (Å²) in [5.41, 5.74) is 1.79. The molecule has 3 rings (SSSR count). The first-order valence-corrected chi connectivity index (χ1v) is 11.1. The summed E-state index contributed by atoms with van der Waals surface area (Å²) in [6, 6.07) is 15.5. The maximum atomic E-state index is 12.9. The molecule has 1 heterocycles. The molecule has 1 saturated heterocycles. The lowest BCUT2D eigenvalue weighted by atomic mass is 10.1. The van der Waals surface area contributed by atoms with Gasteiger partial charge in [-0.1, -0.05) is 30.3 Å². The highest BCUT2D eigenvalue weighted by atomic mass is 19.3. The normalized spacial score (nSPS) is 16.3. The Kier molecular flexibility index (Phi) is 8.95. The molecule has 0 amide bonds. The molecule has 1 atom stereocenters. The Balaban J connectivity index is 1.62. The maximum absolute atomic E-state index is 12.9. The van der Waals surface area contributed by atoms with Crippen molar-refractivity contribution in [2.45, 2.75) is 33.4 Å². The fourth-order valence-electron chi connectivity index (χ4n) is 3.80. The Bertz CT molecular complexity index is 864. The molecular formula is C24H32F2N4O2. The minimum absolute atomic E-state index is 0.0400. The summed E-state index contributed by atoms with van der Waals surface area (Å²) in [7, 11) is 0. The van der Waals surface area contributed by atoms with Gasteiger partial charge >= 0.3 is 6.61 Å². The van der Waals surface area contributed by atoms with Crippen molar-refractivity contribution in [3.05, 3.63) is 54.1 Å². The summed E-state index contributed by atoms with van der Waals surface area (Å²) < 4.78 is 36.1. The summed E-state index contributed by atoms with van der Waals surface area (Å²) in [6.07, 6.45) is 1.10. The summed E-state index contributed by atoms with van der Waals surface area (Å²) in [6.45, 7) is 4.91. The molecule has 0 radical (unpaired) electrons. The summed E-state index contributed by atoms with van der Waals surface area (Å²) in [5.74, 6) is 1.48. The Labute approximate surface area is 188 Å². The zero-order chi connectivity index (χ0) is 22.8. The Hall–Kier alpha value is -3.03. The van der Waals surface area contributed by atoms with Gasteiger partial charge in [-0.3, -0.25) is 0 Å². The molecule has 8 heteroatoms. The van der Waals surface area contributed by atoms with Crippen LogP contribution in [0.3, 0.4) is 0 Å². The van der Waals surface area contributed by atoms with Crippen LogP contribution in [0, 0.1) is 5.92 Å². The van der Waals surface area contributed by atoms with Gasteiger partial charge in [-0.15, -0.1) is 0 Å². The number of ether oxygens (including phenoxy) is 2. The highest BCUT2D eigenvalue weighted by Gasteiger charge is 2.22. The first-order valence-electron chi connectivity index (χ1n) is 11.1. The van der Waals surface area contributed by atoms with Crippen molar-refractivity contribution in [3.63, 3.8) is 0 Å². The first-order chi connectivity index (χ1) is 15.6. The van der Waals surface area contributed by atoms with E-state index in [0.717, 1.165) is 26.1 Å². The summed E-state index contributed by atoms with van der Waals surface area (Å²) in [5, 5.41) is 6.62. The van der Waals surface area contributed by atoms with Gasteiger partial charge in [0.25, 0.3) is 0 Å². The van der Waals surface area contributed by atoms with E-state index in [-0.39, 0.29) is 12.3 Å². The van der Waals surface area contributed by atoms with Gasteiger partial charge in [-0.25, -0.2) is 4.99 Å². The Morgan fingerprint density at radius 3 is 2.66 bits per heavy atom. The van der Waals surface area contributed by atoms with Crippen molar-refractivity contribution in [2.24, 2.45) is 10.9 Å². The molecule has 1 aliphatic heterocycles. The van der Waals surface area contributed by atoms with E-state index in [1.807, 2.05) is 13.0 Å². The lowest BCUT2D eigenvalue weighted by molar-refractivity contribution is -0.0520. The van der Waals surface area contributed by atoms with Gasteiger partial charge < -0.3 is 25.0 Å². The zero-order valence-corrected chi connectivity index (χ0v) is 18.7. The molecule has 1 fully saturated rings. The number of alkyl halides is 2. The third kappa shape index (κ3) is 6.73. The van der Waals surface area contributed by atoms with Crippen LogP contribution in [-0.4, -0.2) is 45.4 Å². The SMILES string of the molecule is CCNC(=NCc1cccc(OCC)c1OC(F)F)NCC1CCN(c2ccccc2)C1. The molecule has 0 aromatic heterocycles. The van der Waals surface area contributed by atoms with Crippen molar-refractivity contribution in [1.29, 1.82) is 0 Å². The minimum atomic E-state index is -2.93. The molecule has 1 unspecified atom stereocenters. The van der Waals surface area contributed by atoms with Crippen molar-refractivity contribution in [1.82, 2.24) is 10.6 Å². The highest BCUT2D eigenvalue weighted by Crippen LogP contribution is 2.33. The predicted octanol–water partition coefficient (Wildman–Crippen LogP) is 4.27. The van der Waals surface area contributed by atoms with Gasteiger partial charge in [0.2, 0.25) is 0 Å². The molecule has 2 aromatic rings. The predicted molar refractivity (Wildman–Crippen MR) is 124 cm³/mol. The number of rotatable bonds is 10. The van der Waals surface area contributed by atoms with Crippen molar-refractivity contribution in [3.8, 4) is 11.5 Å². The van der Waals surface area contributed by atoms with Gasteiger partial charge in [-0.2, -0.15) is 8.78 Å². The number of nitrogens with one attached hydrogen (secondary N) is 2. The molecule has 6 nitrogen and oxygen atoms in total. The van der Waals surface area contributed by atoms with Crippen LogP contribution in [-0.2, 0) is 6.54 Å². The largest absolute Gasteiger partial charge is 0.490 e. The molecule has 0 aliphatic carbocycles. The van der Waals surface area contributed by atoms with Crippen molar-refractivity contribution in [2.75, 3.05) is 37.7 Å². The standard InChI is InChI=1S/C24H32F2N4O2/c1-3-27-24(28-15-18-13-14-30(17-18)20-10-6-5-7-11-20)29-16-19-9-8-12-21(31-4-2)22(19)32-23(25)26/h5-12,18,23H,3-4,13-17H2,1-2H3,(H2,27,28,29). The topological polar surface area (TPSA) is 58.1 Å². The Morgan fingerprint density at radius 1 is 1.12 bits per heavy atom. The monoisotopic (exact) mass is 446 g/mol. The molecular weight excluding hydrogens is 414 g/mol. The number of aliphatic imine (C=N–C) groups is 1. The van der Waals surface area contributed by atoms with Crippen LogP contribution in [0.1, 0.15) is 25.8 Å². The van der Waals surface area contributed by atoms with Crippen LogP contribution in [0.25, 0.3) is 0 Å². The summed E-state index contributed by atoms with van der Waals surface area (Å²) in [4.78, 5) is 6.98. The zero-order valence-electron chi connectivity index (χ0n) is 18.7. The van der Waals surface area contributed by atoms with E-state index < -0.39 is 6.61 Å². The molecule has 2 aromatic carbocycles. The molecule has 174 valence electrons. The molecule has 1 aliphatic rings. The fraction of sp³-hybridized carbons (Fsp3) is 0.458. The van der Waals surface area contributed by atoms with Crippen LogP contribution < -0.4 is 25.0 Å². The van der Waals surface area contributed by atoms with E-state index in [1.54, 1.807) is 25.1 Å². The quantitative estimate of drug-likeness (QED) is 0.422. The maximum Gasteiger partial charge on any atom is 0.387 e. The van der Waals surface area contributed by atoms with E-state index in [1.165, 1.54) is 5.69 Å². The second-order valence-electron chi connectivity index (χ2n) is 7.57. The van der Waals surface area contributed by atoms with E-state index in [0.29, 0.717) is 36.3 Å². The van der Waals surface area contributed by atoms with E-state index in [2.05, 4.69) is 44.8 Å². The van der Waals surface area contributed by atoms with Gasteiger partial charge in [0.1, 0.15) is 0 Å². The van der Waals surface area contributed by atoms with Crippen molar-refractivity contribution < 1.29 is 18.3 Å². The number of benzene rings is 2. The van der Waals surface area contributed by atoms with E-state index >= 15 is 0 Å². The number of guanidine groups is 1. The number of nitrogens with zero attached hydrogens (tertiary/aromatic N) is 2. The molecule has 0 spiro atoms. The number of anilines is 1. The molecule has 0 saturated carbocycles. The van der Waals surface area contributed by atoms with Crippen LogP contribution in [0.5, 0.6) is 11.5 Å². The van der Waals surface area contributed by atoms with Crippen LogP contribution in [0.2, 0.25) is 0 Å². The minimum Gasteiger partial charge on any atom is -0.490 e. The van der Waals surface area contributed by atoms with Crippen LogP contribution >= 0.6 is 0 Å². The fourth-order valence-corrected chi connectivity index (χ4v) is 3.80. The molecule has 32 heavy (non-hydrogen) atoms. The number of hydrogen-bond acceptors (Lipinski definition) is 4. The average molecular weight is 447 g/mol. The lowest BCUT2D eigenvalue weighted by Gasteiger charge is -2.19. The number of halogens is 2. The Morgan fingerprint density at radius 2 is 1.94 bits per heavy atom. The van der Waals surface area contributed by atoms with E-state index in [4.69, 9.17) is 9.47 Å². The van der Waals surface area contributed by atoms with Crippen LogP contribution in [0.15, 0.2) is 53.5 Å². The average Bonchev–Trinajstić information content (AvgIpc) is 3.27. The third-order valence-corrected chi connectivity index (χ3v) is 5.28. The second kappa shape index (κ2) is 12.1.